The van der Waals surface area contributed by atoms with Crippen molar-refractivity contribution in [2.45, 2.75) is 38.7 Å². The van der Waals surface area contributed by atoms with E-state index in [0.717, 1.165) is 5.69 Å². The third-order valence-electron chi connectivity index (χ3n) is 6.73. The molecule has 0 saturated heterocycles. The Hall–Kier alpha value is -3.06. The number of anilines is 1. The monoisotopic (exact) mass is 515 g/mol. The molecule has 4 rings (SSSR count). The number of aliphatic hydroxyl groups excluding tert-OH is 1. The third kappa shape index (κ3) is 5.36. The fourth-order valence-electron chi connectivity index (χ4n) is 5.07. The highest BCUT2D eigenvalue weighted by Gasteiger charge is 2.50. The number of carbonyl (C=O) groups is 1. The standard InChI is InChI=1S/C30H33NO3SSi/c1-30(2,3)36(24-15-9-5-10-16-24,25-17-11-6-12-18-25)34-21-22-19-26(32)28(27(33)20-22)29(35)31-23-13-7-4-8-14-23/h4-18,22,32H,19-21H2,1-3H3,(H,31,35). The van der Waals surface area contributed by atoms with Crippen LogP contribution in [0.1, 0.15) is 33.6 Å². The Morgan fingerprint density at radius 2 is 1.42 bits per heavy atom. The van der Waals surface area contributed by atoms with Gasteiger partial charge < -0.3 is 14.8 Å². The van der Waals surface area contributed by atoms with Gasteiger partial charge >= 0.3 is 0 Å². The summed E-state index contributed by atoms with van der Waals surface area (Å²) in [5.41, 5.74) is 1.00. The zero-order valence-electron chi connectivity index (χ0n) is 21.0. The summed E-state index contributed by atoms with van der Waals surface area (Å²) in [6.07, 6.45) is 0.643. The molecule has 4 nitrogen and oxygen atoms in total. The van der Waals surface area contributed by atoms with Crippen LogP contribution in [0.25, 0.3) is 0 Å². The molecule has 0 amide bonds. The molecule has 36 heavy (non-hydrogen) atoms. The van der Waals surface area contributed by atoms with Crippen LogP contribution in [0.2, 0.25) is 5.04 Å². The van der Waals surface area contributed by atoms with Gasteiger partial charge in [0.1, 0.15) is 10.7 Å². The molecule has 3 aromatic rings. The van der Waals surface area contributed by atoms with Gasteiger partial charge in [-0.15, -0.1) is 0 Å². The van der Waals surface area contributed by atoms with Gasteiger partial charge in [-0.05, 0) is 33.5 Å². The number of carbonyl (C=O) groups excluding carboxylic acids is 1. The van der Waals surface area contributed by atoms with Crippen LogP contribution in [0.4, 0.5) is 5.69 Å². The molecule has 0 bridgehead atoms. The second kappa shape index (κ2) is 10.9. The van der Waals surface area contributed by atoms with Gasteiger partial charge in [-0.2, -0.15) is 0 Å². The Bertz CT molecular complexity index is 1200. The van der Waals surface area contributed by atoms with Crippen molar-refractivity contribution in [2.75, 3.05) is 11.9 Å². The van der Waals surface area contributed by atoms with Crippen LogP contribution in [-0.2, 0) is 9.22 Å². The Morgan fingerprint density at radius 3 is 1.89 bits per heavy atom. The summed E-state index contributed by atoms with van der Waals surface area (Å²) < 4.78 is 7.00. The van der Waals surface area contributed by atoms with Gasteiger partial charge in [0.25, 0.3) is 8.32 Å². The highest BCUT2D eigenvalue weighted by molar-refractivity contribution is 7.81. The van der Waals surface area contributed by atoms with Gasteiger partial charge in [-0.3, -0.25) is 4.79 Å². The van der Waals surface area contributed by atoms with Crippen molar-refractivity contribution in [1.29, 1.82) is 0 Å². The predicted octanol–water partition coefficient (Wildman–Crippen LogP) is 5.79. The van der Waals surface area contributed by atoms with Crippen molar-refractivity contribution >= 4 is 47.4 Å². The van der Waals surface area contributed by atoms with Crippen molar-refractivity contribution in [3.8, 4) is 0 Å². The van der Waals surface area contributed by atoms with Gasteiger partial charge in [0.15, 0.2) is 5.78 Å². The zero-order valence-corrected chi connectivity index (χ0v) is 22.8. The molecule has 0 aromatic heterocycles. The average molecular weight is 516 g/mol. The lowest BCUT2D eigenvalue weighted by Gasteiger charge is -2.44. The van der Waals surface area contributed by atoms with Crippen molar-refractivity contribution in [2.24, 2.45) is 5.92 Å². The molecule has 186 valence electrons. The van der Waals surface area contributed by atoms with Gasteiger partial charge in [-0.25, -0.2) is 0 Å². The molecule has 0 heterocycles. The second-order valence-electron chi connectivity index (χ2n) is 10.3. The van der Waals surface area contributed by atoms with E-state index in [1.54, 1.807) is 0 Å². The van der Waals surface area contributed by atoms with E-state index < -0.39 is 8.32 Å². The number of allylic oxidation sites excluding steroid dienone is 1. The van der Waals surface area contributed by atoms with E-state index in [1.807, 2.05) is 42.5 Å². The summed E-state index contributed by atoms with van der Waals surface area (Å²) in [6.45, 7) is 7.08. The molecule has 0 saturated carbocycles. The van der Waals surface area contributed by atoms with Crippen LogP contribution in [-0.4, -0.2) is 30.8 Å². The second-order valence-corrected chi connectivity index (χ2v) is 15.0. The highest BCUT2D eigenvalue weighted by Crippen LogP contribution is 2.38. The number of Topliss-reactive ketones (excluding diaryl/α,β-unsaturated/α-hetero) is 1. The highest BCUT2D eigenvalue weighted by atomic mass is 32.1. The first kappa shape index (κ1) is 26.0. The molecule has 1 aliphatic carbocycles. The minimum absolute atomic E-state index is 0.0377. The van der Waals surface area contributed by atoms with Gasteiger partial charge in [0, 0.05) is 25.1 Å². The number of hydrogen-bond acceptors (Lipinski definition) is 4. The van der Waals surface area contributed by atoms with Crippen LogP contribution in [0.15, 0.2) is 102 Å². The third-order valence-corrected chi connectivity index (χ3v) is 12.0. The number of thiocarbonyl (C=S) groups is 1. The molecule has 0 radical (unpaired) electrons. The maximum Gasteiger partial charge on any atom is 0.261 e. The van der Waals surface area contributed by atoms with Crippen molar-refractivity contribution in [1.82, 2.24) is 0 Å². The number of nitrogens with one attached hydrogen (secondary N) is 1. The van der Waals surface area contributed by atoms with Crippen LogP contribution in [0, 0.1) is 5.92 Å². The summed E-state index contributed by atoms with van der Waals surface area (Å²) in [4.78, 5) is 13.4. The lowest BCUT2D eigenvalue weighted by molar-refractivity contribution is -0.117. The minimum atomic E-state index is -2.71. The largest absolute Gasteiger partial charge is 0.511 e. The number of benzene rings is 3. The van der Waals surface area contributed by atoms with Crippen LogP contribution >= 0.6 is 12.2 Å². The minimum Gasteiger partial charge on any atom is -0.511 e. The number of para-hydroxylation sites is 1. The number of ketones is 1. The molecule has 1 unspecified atom stereocenters. The molecule has 3 aromatic carbocycles. The maximum atomic E-state index is 13.1. The molecule has 0 spiro atoms. The fraction of sp³-hybridized carbons (Fsp3) is 0.267. The van der Waals surface area contributed by atoms with Gasteiger partial charge in [0.05, 0.1) is 5.57 Å². The number of rotatable bonds is 7. The van der Waals surface area contributed by atoms with Gasteiger partial charge in [0.2, 0.25) is 0 Å². The normalized spacial score (nSPS) is 16.6. The lowest BCUT2D eigenvalue weighted by Crippen LogP contribution is -2.67. The first-order valence-electron chi connectivity index (χ1n) is 12.3. The van der Waals surface area contributed by atoms with Crippen molar-refractivity contribution < 1.29 is 14.3 Å². The lowest BCUT2D eigenvalue weighted by atomic mass is 9.87. The van der Waals surface area contributed by atoms with E-state index in [1.165, 1.54) is 10.4 Å². The molecule has 0 fully saturated rings. The average Bonchev–Trinajstić information content (AvgIpc) is 2.85. The molecule has 6 heteroatoms. The van der Waals surface area contributed by atoms with E-state index in [4.69, 9.17) is 16.6 Å². The molecule has 0 aliphatic heterocycles. The van der Waals surface area contributed by atoms with Crippen LogP contribution in [0.5, 0.6) is 0 Å². The summed E-state index contributed by atoms with van der Waals surface area (Å²) in [5, 5.41) is 16.2. The quantitative estimate of drug-likeness (QED) is 0.308. The summed E-state index contributed by atoms with van der Waals surface area (Å²) in [5.74, 6) is -0.235. The topological polar surface area (TPSA) is 58.6 Å². The van der Waals surface area contributed by atoms with E-state index in [0.29, 0.717) is 13.0 Å². The number of aliphatic hydroxyl groups is 1. The maximum absolute atomic E-state index is 13.1. The zero-order chi connectivity index (χ0) is 25.8. The Labute approximate surface area is 220 Å². The van der Waals surface area contributed by atoms with E-state index in [2.05, 4.69) is 74.6 Å². The van der Waals surface area contributed by atoms with Crippen molar-refractivity contribution in [3.05, 3.63) is 102 Å². The SMILES string of the molecule is CC(C)(C)[Si](OCC1CC(=O)C(C(=S)Nc2ccccc2)=C(O)C1)(c1ccccc1)c1ccccc1. The predicted molar refractivity (Wildman–Crippen MR) is 154 cm³/mol. The molecule has 1 atom stereocenters. The fourth-order valence-corrected chi connectivity index (χ4v) is 10.1. The van der Waals surface area contributed by atoms with E-state index in [-0.39, 0.29) is 39.5 Å². The van der Waals surface area contributed by atoms with Crippen LogP contribution in [0.3, 0.4) is 0 Å². The van der Waals surface area contributed by atoms with Gasteiger partial charge in [-0.1, -0.05) is 112 Å². The first-order chi connectivity index (χ1) is 17.2. The first-order valence-corrected chi connectivity index (χ1v) is 14.6. The van der Waals surface area contributed by atoms with Crippen molar-refractivity contribution in [3.63, 3.8) is 0 Å². The number of hydrogen-bond donors (Lipinski definition) is 2. The summed E-state index contributed by atoms with van der Waals surface area (Å²) in [7, 11) is -2.71. The molecular weight excluding hydrogens is 482 g/mol. The van der Waals surface area contributed by atoms with E-state index >= 15 is 0 Å². The molecule has 2 N–H and O–H groups in total. The van der Waals surface area contributed by atoms with E-state index in [9.17, 15) is 9.90 Å². The van der Waals surface area contributed by atoms with Crippen LogP contribution < -0.4 is 15.7 Å². The smallest absolute Gasteiger partial charge is 0.261 e. The Morgan fingerprint density at radius 1 is 0.917 bits per heavy atom. The Kier molecular flexibility index (Phi) is 7.88. The summed E-state index contributed by atoms with van der Waals surface area (Å²) in [6, 6.07) is 30.3. The molecule has 1 aliphatic rings. The molecular formula is C30H33NO3SSi. The summed E-state index contributed by atoms with van der Waals surface area (Å²) >= 11 is 5.48. The Balaban J connectivity index is 1.59.